The van der Waals surface area contributed by atoms with Crippen LogP contribution in [0.1, 0.15) is 64.7 Å². The first-order valence-corrected chi connectivity index (χ1v) is 8.30. The van der Waals surface area contributed by atoms with Gasteiger partial charge in [-0.3, -0.25) is 9.59 Å². The van der Waals surface area contributed by atoms with Gasteiger partial charge in [0.05, 0.1) is 12.0 Å². The minimum absolute atomic E-state index is 0.0736. The fourth-order valence-electron chi connectivity index (χ4n) is 2.19. The van der Waals surface area contributed by atoms with Crippen molar-refractivity contribution in [1.29, 1.82) is 0 Å². The molecule has 5 heteroatoms. The van der Waals surface area contributed by atoms with Crippen LogP contribution >= 0.6 is 0 Å². The van der Waals surface area contributed by atoms with E-state index in [2.05, 4.69) is 5.32 Å². The molecule has 24 heavy (non-hydrogen) atoms. The van der Waals surface area contributed by atoms with Crippen LogP contribution in [0.25, 0.3) is 0 Å². The summed E-state index contributed by atoms with van der Waals surface area (Å²) in [5.41, 5.74) is -0.415. The van der Waals surface area contributed by atoms with Gasteiger partial charge in [-0.05, 0) is 59.2 Å². The molecule has 0 aromatic heterocycles. The number of phenols is 1. The predicted octanol–water partition coefficient (Wildman–Crippen LogP) is 3.69. The van der Waals surface area contributed by atoms with Crippen LogP contribution in [0.5, 0.6) is 11.5 Å². The number of hydrogen-bond donors (Lipinski definition) is 2. The molecule has 2 N–H and O–H groups in total. The molecule has 0 saturated carbocycles. The Labute approximate surface area is 144 Å². The molecular formula is C19H29NO4. The van der Waals surface area contributed by atoms with E-state index in [0.29, 0.717) is 12.0 Å². The maximum absolute atomic E-state index is 12.2. The minimum atomic E-state index is -0.619. The Morgan fingerprint density at radius 1 is 1.17 bits per heavy atom. The van der Waals surface area contributed by atoms with Crippen LogP contribution in [-0.2, 0) is 4.79 Å². The maximum Gasteiger partial charge on any atom is 0.317 e. The van der Waals surface area contributed by atoms with E-state index < -0.39 is 11.4 Å². The Morgan fingerprint density at radius 2 is 1.79 bits per heavy atom. The number of ketones is 1. The molecular weight excluding hydrogens is 306 g/mol. The Hall–Kier alpha value is -1.88. The van der Waals surface area contributed by atoms with E-state index in [1.165, 1.54) is 12.1 Å². The van der Waals surface area contributed by atoms with Crippen LogP contribution in [0.3, 0.4) is 0 Å². The number of ether oxygens (including phenoxy) is 1. The van der Waals surface area contributed by atoms with Crippen molar-refractivity contribution in [1.82, 2.24) is 5.32 Å². The van der Waals surface area contributed by atoms with E-state index in [1.54, 1.807) is 6.07 Å². The number of esters is 1. The Bertz CT molecular complexity index is 600. The summed E-state index contributed by atoms with van der Waals surface area (Å²) in [6, 6.07) is 4.35. The van der Waals surface area contributed by atoms with Gasteiger partial charge >= 0.3 is 5.97 Å². The number of rotatable bonds is 7. The highest BCUT2D eigenvalue weighted by atomic mass is 16.5. The van der Waals surface area contributed by atoms with Crippen molar-refractivity contribution in [3.63, 3.8) is 0 Å². The lowest BCUT2D eigenvalue weighted by Crippen LogP contribution is -2.39. The monoisotopic (exact) mass is 335 g/mol. The molecule has 0 radical (unpaired) electrons. The summed E-state index contributed by atoms with van der Waals surface area (Å²) in [6.45, 7) is 11.7. The highest BCUT2D eigenvalue weighted by molar-refractivity contribution is 5.98. The van der Waals surface area contributed by atoms with Crippen LogP contribution in [0.2, 0.25) is 0 Å². The van der Waals surface area contributed by atoms with E-state index in [0.717, 1.165) is 6.42 Å². The average molecular weight is 335 g/mol. The van der Waals surface area contributed by atoms with Crippen molar-refractivity contribution in [2.24, 2.45) is 5.41 Å². The van der Waals surface area contributed by atoms with E-state index in [4.69, 9.17) is 4.74 Å². The van der Waals surface area contributed by atoms with Gasteiger partial charge in [-0.25, -0.2) is 0 Å². The van der Waals surface area contributed by atoms with Gasteiger partial charge in [-0.1, -0.05) is 13.3 Å². The number of hydrogen-bond acceptors (Lipinski definition) is 5. The van der Waals surface area contributed by atoms with Crippen LogP contribution in [0, 0.1) is 5.41 Å². The summed E-state index contributed by atoms with van der Waals surface area (Å²) in [7, 11) is 0. The van der Waals surface area contributed by atoms with E-state index >= 15 is 0 Å². The van der Waals surface area contributed by atoms with Gasteiger partial charge < -0.3 is 15.2 Å². The third kappa shape index (κ3) is 5.96. The number of phenolic OH excluding ortho intramolecular Hbond substituents is 1. The zero-order valence-corrected chi connectivity index (χ0v) is 15.5. The fraction of sp³-hybridized carbons (Fsp3) is 0.579. The largest absolute Gasteiger partial charge is 0.504 e. The molecule has 1 aromatic rings. The summed E-state index contributed by atoms with van der Waals surface area (Å²) >= 11 is 0. The van der Waals surface area contributed by atoms with Gasteiger partial charge in [-0.15, -0.1) is 0 Å². The van der Waals surface area contributed by atoms with Crippen molar-refractivity contribution in [3.05, 3.63) is 23.8 Å². The normalized spacial score (nSPS) is 12.1. The highest BCUT2D eigenvalue weighted by Crippen LogP contribution is 2.31. The predicted molar refractivity (Wildman–Crippen MR) is 94.5 cm³/mol. The standard InChI is InChI=1S/C19H29NO4/c1-7-10-19(5,6)17(23)24-16-9-8-13(11-14(16)21)15(22)12-20-18(2,3)4/h8-9,11,20-21H,7,10,12H2,1-6H3. The quantitative estimate of drug-likeness (QED) is 0.451. The Balaban J connectivity index is 2.81. The lowest BCUT2D eigenvalue weighted by Gasteiger charge is -2.22. The second-order valence-corrected chi connectivity index (χ2v) is 7.73. The SMILES string of the molecule is CCCC(C)(C)C(=O)Oc1ccc(C(=O)CNC(C)(C)C)cc1O. The van der Waals surface area contributed by atoms with Crippen LogP contribution in [-0.4, -0.2) is 28.9 Å². The molecule has 0 aliphatic heterocycles. The molecule has 0 fully saturated rings. The molecule has 0 aliphatic carbocycles. The molecule has 1 aromatic carbocycles. The fourth-order valence-corrected chi connectivity index (χ4v) is 2.19. The van der Waals surface area contributed by atoms with Gasteiger partial charge in [-0.2, -0.15) is 0 Å². The third-order valence-electron chi connectivity index (χ3n) is 3.69. The minimum Gasteiger partial charge on any atom is -0.504 e. The van der Waals surface area contributed by atoms with Gasteiger partial charge in [0, 0.05) is 11.1 Å². The summed E-state index contributed by atoms with van der Waals surface area (Å²) in [4.78, 5) is 24.3. The second kappa shape index (κ2) is 7.79. The van der Waals surface area contributed by atoms with Crippen LogP contribution in [0.4, 0.5) is 0 Å². The summed E-state index contributed by atoms with van der Waals surface area (Å²) in [5.74, 6) is -0.667. The number of benzene rings is 1. The summed E-state index contributed by atoms with van der Waals surface area (Å²) < 4.78 is 5.30. The van der Waals surface area contributed by atoms with Crippen molar-refractivity contribution in [2.45, 2.75) is 59.9 Å². The van der Waals surface area contributed by atoms with E-state index in [1.807, 2.05) is 41.5 Å². The zero-order chi connectivity index (χ0) is 18.5. The molecule has 0 atom stereocenters. The lowest BCUT2D eigenvalue weighted by atomic mass is 9.88. The molecule has 1 rings (SSSR count). The number of nitrogens with one attached hydrogen (secondary N) is 1. The molecule has 5 nitrogen and oxygen atoms in total. The van der Waals surface area contributed by atoms with Gasteiger partial charge in [0.25, 0.3) is 0 Å². The number of carbonyl (C=O) groups is 2. The third-order valence-corrected chi connectivity index (χ3v) is 3.69. The number of Topliss-reactive ketones (excluding diaryl/α,β-unsaturated/α-hetero) is 1. The van der Waals surface area contributed by atoms with Crippen LogP contribution in [0.15, 0.2) is 18.2 Å². The number of aromatic hydroxyl groups is 1. The highest BCUT2D eigenvalue weighted by Gasteiger charge is 2.29. The molecule has 0 saturated heterocycles. The van der Waals surface area contributed by atoms with Gasteiger partial charge in [0.1, 0.15) is 0 Å². The molecule has 0 amide bonds. The molecule has 0 bridgehead atoms. The topological polar surface area (TPSA) is 75.6 Å². The first kappa shape index (κ1) is 20.2. The molecule has 0 heterocycles. The number of carbonyl (C=O) groups excluding carboxylic acids is 2. The zero-order valence-electron chi connectivity index (χ0n) is 15.5. The van der Waals surface area contributed by atoms with Crippen LogP contribution < -0.4 is 10.1 Å². The molecule has 0 aliphatic rings. The lowest BCUT2D eigenvalue weighted by molar-refractivity contribution is -0.144. The van der Waals surface area contributed by atoms with Crippen molar-refractivity contribution < 1.29 is 19.4 Å². The summed E-state index contributed by atoms with van der Waals surface area (Å²) in [5, 5.41) is 13.2. The van der Waals surface area contributed by atoms with Crippen molar-refractivity contribution in [2.75, 3.05) is 6.54 Å². The van der Waals surface area contributed by atoms with E-state index in [-0.39, 0.29) is 29.4 Å². The molecule has 0 spiro atoms. The smallest absolute Gasteiger partial charge is 0.317 e. The first-order valence-electron chi connectivity index (χ1n) is 8.30. The van der Waals surface area contributed by atoms with Crippen molar-refractivity contribution >= 4 is 11.8 Å². The maximum atomic E-state index is 12.2. The summed E-state index contributed by atoms with van der Waals surface area (Å²) in [6.07, 6.45) is 1.56. The molecule has 134 valence electrons. The van der Waals surface area contributed by atoms with Gasteiger partial charge in [0.2, 0.25) is 0 Å². The van der Waals surface area contributed by atoms with Gasteiger partial charge in [0.15, 0.2) is 17.3 Å². The first-order chi connectivity index (χ1) is 11.0. The molecule has 0 unspecified atom stereocenters. The Kier molecular flexibility index (Phi) is 6.55. The average Bonchev–Trinajstić information content (AvgIpc) is 2.45. The van der Waals surface area contributed by atoms with E-state index in [9.17, 15) is 14.7 Å². The Morgan fingerprint density at radius 3 is 2.29 bits per heavy atom. The van der Waals surface area contributed by atoms with Crippen molar-refractivity contribution in [3.8, 4) is 11.5 Å². The second-order valence-electron chi connectivity index (χ2n) is 7.73.